The van der Waals surface area contributed by atoms with E-state index < -0.39 is 5.97 Å². The van der Waals surface area contributed by atoms with Gasteiger partial charge in [-0.1, -0.05) is 41.4 Å². The van der Waals surface area contributed by atoms with Crippen LogP contribution in [0.15, 0.2) is 59.0 Å². The summed E-state index contributed by atoms with van der Waals surface area (Å²) in [5.74, 6) is 0.175. The summed E-state index contributed by atoms with van der Waals surface area (Å²) in [5, 5.41) is 0.292. The zero-order chi connectivity index (χ0) is 17.8. The van der Waals surface area contributed by atoms with Crippen molar-refractivity contribution in [1.29, 1.82) is 0 Å². The van der Waals surface area contributed by atoms with Crippen LogP contribution in [-0.2, 0) is 11.3 Å². The Bertz CT molecular complexity index is 910. The highest BCUT2D eigenvalue weighted by atomic mass is 35.5. The van der Waals surface area contributed by atoms with Crippen LogP contribution in [-0.4, -0.2) is 12.3 Å². The number of hydrogen-bond acceptors (Lipinski definition) is 4. The van der Waals surface area contributed by atoms with Crippen molar-refractivity contribution in [2.24, 2.45) is 0 Å². The number of rotatable bonds is 5. The van der Waals surface area contributed by atoms with Gasteiger partial charge in [-0.05, 0) is 42.8 Å². The van der Waals surface area contributed by atoms with Crippen LogP contribution in [0.25, 0.3) is 11.3 Å². The highest BCUT2D eigenvalue weighted by Crippen LogP contribution is 2.27. The fourth-order valence-corrected chi connectivity index (χ4v) is 2.51. The van der Waals surface area contributed by atoms with Crippen molar-refractivity contribution < 1.29 is 18.7 Å². The summed E-state index contributed by atoms with van der Waals surface area (Å²) in [4.78, 5) is 23.1. The molecule has 2 aromatic carbocycles. The number of furan rings is 1. The summed E-state index contributed by atoms with van der Waals surface area (Å²) < 4.78 is 10.7. The molecule has 0 radical (unpaired) electrons. The molecular formula is C20H15ClO4. The van der Waals surface area contributed by atoms with Crippen LogP contribution in [0.5, 0.6) is 0 Å². The topological polar surface area (TPSA) is 56.5 Å². The lowest BCUT2D eigenvalue weighted by atomic mass is 10.1. The van der Waals surface area contributed by atoms with E-state index in [2.05, 4.69) is 0 Å². The first-order valence-electron chi connectivity index (χ1n) is 7.64. The van der Waals surface area contributed by atoms with Crippen LogP contribution in [0.3, 0.4) is 0 Å². The van der Waals surface area contributed by atoms with E-state index in [1.165, 1.54) is 0 Å². The Morgan fingerprint density at radius 2 is 1.88 bits per heavy atom. The second-order valence-corrected chi connectivity index (χ2v) is 5.98. The molecule has 0 saturated heterocycles. The number of aryl methyl sites for hydroxylation is 1. The average Bonchev–Trinajstić information content (AvgIpc) is 3.10. The number of halogens is 1. The van der Waals surface area contributed by atoms with Crippen molar-refractivity contribution >= 4 is 23.9 Å². The third kappa shape index (κ3) is 3.98. The Morgan fingerprint density at radius 1 is 1.12 bits per heavy atom. The predicted octanol–water partition coefficient (Wildman–Crippen LogP) is 5.08. The molecule has 0 amide bonds. The van der Waals surface area contributed by atoms with E-state index in [4.69, 9.17) is 20.8 Å². The van der Waals surface area contributed by atoms with Crippen LogP contribution in [0.2, 0.25) is 5.02 Å². The predicted molar refractivity (Wildman–Crippen MR) is 94.8 cm³/mol. The lowest BCUT2D eigenvalue weighted by Crippen LogP contribution is -2.06. The normalized spacial score (nSPS) is 10.5. The molecule has 0 aliphatic carbocycles. The number of esters is 1. The van der Waals surface area contributed by atoms with E-state index in [1.54, 1.807) is 30.3 Å². The van der Waals surface area contributed by atoms with Crippen LogP contribution >= 0.6 is 11.6 Å². The number of aldehydes is 1. The molecule has 126 valence electrons. The monoisotopic (exact) mass is 354 g/mol. The van der Waals surface area contributed by atoms with Crippen molar-refractivity contribution in [3.8, 4) is 11.3 Å². The number of carbonyl (C=O) groups excluding carboxylic acids is 2. The third-order valence-electron chi connectivity index (χ3n) is 3.70. The fourth-order valence-electron chi connectivity index (χ4n) is 2.32. The molecule has 5 heteroatoms. The van der Waals surface area contributed by atoms with Gasteiger partial charge in [0.15, 0.2) is 12.0 Å². The number of hydrogen-bond donors (Lipinski definition) is 0. The van der Waals surface area contributed by atoms with Crippen LogP contribution in [0.4, 0.5) is 0 Å². The van der Waals surface area contributed by atoms with Gasteiger partial charge in [0.05, 0.1) is 10.6 Å². The molecule has 0 N–H and O–H groups in total. The van der Waals surface area contributed by atoms with E-state index in [0.717, 1.165) is 11.1 Å². The Labute approximate surface area is 150 Å². The fraction of sp³-hybridized carbons (Fsp3) is 0.100. The van der Waals surface area contributed by atoms with Gasteiger partial charge in [-0.25, -0.2) is 4.79 Å². The Kier molecular flexibility index (Phi) is 5.00. The van der Waals surface area contributed by atoms with Crippen molar-refractivity contribution in [3.05, 3.63) is 82.1 Å². The number of carbonyl (C=O) groups is 2. The van der Waals surface area contributed by atoms with Gasteiger partial charge < -0.3 is 9.15 Å². The molecule has 3 aromatic rings. The van der Waals surface area contributed by atoms with Gasteiger partial charge in [0, 0.05) is 5.56 Å². The first-order valence-corrected chi connectivity index (χ1v) is 8.02. The lowest BCUT2D eigenvalue weighted by molar-refractivity contribution is 0.0473. The highest BCUT2D eigenvalue weighted by molar-refractivity contribution is 6.33. The summed E-state index contributed by atoms with van der Waals surface area (Å²) in [6.07, 6.45) is 0.621. The third-order valence-corrected chi connectivity index (χ3v) is 4.03. The molecule has 4 nitrogen and oxygen atoms in total. The lowest BCUT2D eigenvalue weighted by Gasteiger charge is -2.08. The number of benzene rings is 2. The first kappa shape index (κ1) is 17.0. The molecular weight excluding hydrogens is 340 g/mol. The molecule has 0 spiro atoms. The van der Waals surface area contributed by atoms with Gasteiger partial charge in [0.1, 0.15) is 12.4 Å². The van der Waals surface area contributed by atoms with Crippen molar-refractivity contribution in [2.75, 3.05) is 0 Å². The zero-order valence-electron chi connectivity index (χ0n) is 13.5. The molecule has 1 aromatic heterocycles. The molecule has 3 rings (SSSR count). The standard InChI is InChI=1S/C20H15ClO4/c1-13-2-4-14(5-3-13)12-24-20(23)17-10-15(6-8-18(17)21)19-9-7-16(11-22)25-19/h2-11H,12H2,1H3. The highest BCUT2D eigenvalue weighted by Gasteiger charge is 2.15. The molecule has 1 heterocycles. The Morgan fingerprint density at radius 3 is 2.56 bits per heavy atom. The largest absolute Gasteiger partial charge is 0.457 e. The molecule has 0 fully saturated rings. The summed E-state index contributed by atoms with van der Waals surface area (Å²) in [6.45, 7) is 2.15. The minimum atomic E-state index is -0.519. The molecule has 0 aliphatic heterocycles. The van der Waals surface area contributed by atoms with Crippen LogP contribution < -0.4 is 0 Å². The van der Waals surface area contributed by atoms with Gasteiger partial charge >= 0.3 is 5.97 Å². The minimum absolute atomic E-state index is 0.162. The second-order valence-electron chi connectivity index (χ2n) is 5.58. The van der Waals surface area contributed by atoms with Crippen molar-refractivity contribution in [1.82, 2.24) is 0 Å². The smallest absolute Gasteiger partial charge is 0.340 e. The molecule has 25 heavy (non-hydrogen) atoms. The first-order chi connectivity index (χ1) is 12.1. The van der Waals surface area contributed by atoms with Crippen LogP contribution in [0.1, 0.15) is 32.0 Å². The van der Waals surface area contributed by atoms with E-state index in [0.29, 0.717) is 22.6 Å². The molecule has 0 saturated carbocycles. The van der Waals surface area contributed by atoms with Gasteiger partial charge in [-0.2, -0.15) is 0 Å². The molecule has 0 aliphatic rings. The summed E-state index contributed by atoms with van der Waals surface area (Å²) in [6, 6.07) is 15.9. The number of ether oxygens (including phenoxy) is 1. The summed E-state index contributed by atoms with van der Waals surface area (Å²) in [5.41, 5.74) is 2.92. The minimum Gasteiger partial charge on any atom is -0.457 e. The maximum absolute atomic E-state index is 12.4. The van der Waals surface area contributed by atoms with Crippen molar-refractivity contribution in [2.45, 2.75) is 13.5 Å². The SMILES string of the molecule is Cc1ccc(COC(=O)c2cc(-c3ccc(C=O)o3)ccc2Cl)cc1. The van der Waals surface area contributed by atoms with Crippen molar-refractivity contribution in [3.63, 3.8) is 0 Å². The van der Waals surface area contributed by atoms with Gasteiger partial charge in [0.25, 0.3) is 0 Å². The maximum atomic E-state index is 12.4. The maximum Gasteiger partial charge on any atom is 0.340 e. The zero-order valence-corrected chi connectivity index (χ0v) is 14.2. The van der Waals surface area contributed by atoms with Gasteiger partial charge in [-0.3, -0.25) is 4.79 Å². The molecule has 0 atom stereocenters. The van der Waals surface area contributed by atoms with Gasteiger partial charge in [0.2, 0.25) is 0 Å². The van der Waals surface area contributed by atoms with E-state index >= 15 is 0 Å². The average molecular weight is 355 g/mol. The van der Waals surface area contributed by atoms with Crippen LogP contribution in [0, 0.1) is 6.92 Å². The Balaban J connectivity index is 1.78. The molecule has 0 bridgehead atoms. The second kappa shape index (κ2) is 7.36. The van der Waals surface area contributed by atoms with Gasteiger partial charge in [-0.15, -0.1) is 0 Å². The van der Waals surface area contributed by atoms with E-state index in [9.17, 15) is 9.59 Å². The van der Waals surface area contributed by atoms with E-state index in [-0.39, 0.29) is 17.9 Å². The molecule has 0 unspecified atom stereocenters. The Hall–Kier alpha value is -2.85. The quantitative estimate of drug-likeness (QED) is 0.473. The van der Waals surface area contributed by atoms with E-state index in [1.807, 2.05) is 31.2 Å². The summed E-state index contributed by atoms with van der Waals surface area (Å²) >= 11 is 6.13. The summed E-state index contributed by atoms with van der Waals surface area (Å²) in [7, 11) is 0.